The molecule has 3 aliphatic rings. The Balaban J connectivity index is 1.41. The van der Waals surface area contributed by atoms with Crippen LogP contribution in [0.5, 0.6) is 5.75 Å². The number of carbonyl (C=O) groups is 2. The zero-order chi connectivity index (χ0) is 27.5. The van der Waals surface area contributed by atoms with Gasteiger partial charge in [-0.1, -0.05) is 36.4 Å². The number of rotatable bonds is 5. The summed E-state index contributed by atoms with van der Waals surface area (Å²) in [6.45, 7) is 2.35. The third kappa shape index (κ3) is 4.06. The molecule has 2 saturated heterocycles. The minimum Gasteiger partial charge on any atom is -0.496 e. The molecule has 9 heteroatoms. The average Bonchev–Trinajstić information content (AvgIpc) is 2.95. The second-order valence-electron chi connectivity index (χ2n) is 11.1. The first kappa shape index (κ1) is 25.7. The molecule has 0 spiro atoms. The van der Waals surface area contributed by atoms with Gasteiger partial charge in [-0.3, -0.25) is 24.2 Å². The maximum atomic E-state index is 14.1. The molecule has 3 aliphatic heterocycles. The van der Waals surface area contributed by atoms with Gasteiger partial charge in [-0.05, 0) is 54.1 Å². The highest BCUT2D eigenvalue weighted by Gasteiger charge is 2.55. The lowest BCUT2D eigenvalue weighted by Gasteiger charge is -2.48. The van der Waals surface area contributed by atoms with Gasteiger partial charge in [0.1, 0.15) is 11.2 Å². The number of aromatic nitrogens is 1. The number of nitrogens with zero attached hydrogens (tertiary/aromatic N) is 4. The Labute approximate surface area is 232 Å². The van der Waals surface area contributed by atoms with Crippen molar-refractivity contribution in [3.8, 4) is 5.75 Å². The molecule has 2 bridgehead atoms. The van der Waals surface area contributed by atoms with Crippen molar-refractivity contribution in [2.75, 3.05) is 40.8 Å². The number of ether oxygens (including phenoxy) is 1. The molecule has 1 aromatic heterocycles. The summed E-state index contributed by atoms with van der Waals surface area (Å²) in [6, 6.07) is 17.3. The molecule has 0 radical (unpaired) electrons. The molecule has 0 N–H and O–H groups in total. The molecule has 202 valence electrons. The van der Waals surface area contributed by atoms with Gasteiger partial charge in [0.2, 0.25) is 11.8 Å². The number of thiocarbonyl (C=S) groups is 1. The lowest BCUT2D eigenvalue weighted by molar-refractivity contribution is -0.157. The summed E-state index contributed by atoms with van der Waals surface area (Å²) < 4.78 is 7.48. The van der Waals surface area contributed by atoms with Crippen LogP contribution in [0.1, 0.15) is 23.6 Å². The van der Waals surface area contributed by atoms with E-state index in [1.54, 1.807) is 27.3 Å². The van der Waals surface area contributed by atoms with Crippen LogP contribution in [0.15, 0.2) is 59.4 Å². The van der Waals surface area contributed by atoms with Crippen LogP contribution in [-0.4, -0.2) is 77.0 Å². The molecule has 2 amide bonds. The molecular formula is C30H32N4O4S. The van der Waals surface area contributed by atoms with Crippen molar-refractivity contribution in [2.45, 2.75) is 25.3 Å². The summed E-state index contributed by atoms with van der Waals surface area (Å²) in [5.41, 5.74) is 0.644. The zero-order valence-corrected chi connectivity index (χ0v) is 23.2. The van der Waals surface area contributed by atoms with Crippen molar-refractivity contribution in [2.24, 2.45) is 11.3 Å². The third-order valence-electron chi connectivity index (χ3n) is 8.74. The van der Waals surface area contributed by atoms with Crippen LogP contribution < -0.4 is 10.3 Å². The number of benzene rings is 2. The van der Waals surface area contributed by atoms with Crippen LogP contribution >= 0.6 is 12.2 Å². The van der Waals surface area contributed by atoms with Crippen molar-refractivity contribution in [1.29, 1.82) is 0 Å². The van der Waals surface area contributed by atoms with Gasteiger partial charge in [0.05, 0.1) is 7.11 Å². The largest absolute Gasteiger partial charge is 0.496 e. The molecule has 2 aromatic carbocycles. The van der Waals surface area contributed by atoms with Crippen molar-refractivity contribution in [3.05, 3.63) is 76.2 Å². The molecule has 2 fully saturated rings. The maximum absolute atomic E-state index is 14.1. The normalized spacial score (nSPS) is 22.8. The Morgan fingerprint density at radius 3 is 2.33 bits per heavy atom. The summed E-state index contributed by atoms with van der Waals surface area (Å²) in [7, 11) is 4.95. The summed E-state index contributed by atoms with van der Waals surface area (Å²) in [5, 5.41) is 2.11. The van der Waals surface area contributed by atoms with E-state index < -0.39 is 5.41 Å². The highest BCUT2D eigenvalue weighted by Crippen LogP contribution is 2.41. The standard InChI is InChI=1S/C30H32N4O4S/c1-31-27(36)30(28(37)32(2)29(31)39,14-20-11-12-25(38-3)23-8-5-4-7-22(20)23)18-33-15-19-13-21(17-33)24-9-6-10-26(35)34(24)16-19/h4-12,19,21H,13-18H2,1-3H3/t19-,21+/m0/s1. The molecule has 39 heavy (non-hydrogen) atoms. The summed E-state index contributed by atoms with van der Waals surface area (Å²) in [5.74, 6) is 0.653. The lowest BCUT2D eigenvalue weighted by atomic mass is 9.74. The van der Waals surface area contributed by atoms with Gasteiger partial charge < -0.3 is 14.2 Å². The predicted molar refractivity (Wildman–Crippen MR) is 153 cm³/mol. The summed E-state index contributed by atoms with van der Waals surface area (Å²) >= 11 is 5.46. The van der Waals surface area contributed by atoms with E-state index in [4.69, 9.17) is 17.0 Å². The van der Waals surface area contributed by atoms with Gasteiger partial charge in [0.15, 0.2) is 5.11 Å². The number of methoxy groups -OCH3 is 1. The maximum Gasteiger partial charge on any atom is 0.250 e. The minimum absolute atomic E-state index is 0.0351. The van der Waals surface area contributed by atoms with E-state index in [-0.39, 0.29) is 47.3 Å². The van der Waals surface area contributed by atoms with Gasteiger partial charge in [0, 0.05) is 63.3 Å². The van der Waals surface area contributed by atoms with Crippen LogP contribution in [0.4, 0.5) is 0 Å². The number of likely N-dealkylation sites (tertiary alicyclic amines) is 1. The molecule has 8 nitrogen and oxygen atoms in total. The quantitative estimate of drug-likeness (QED) is 0.363. The number of hydrogen-bond acceptors (Lipinski definition) is 6. The van der Waals surface area contributed by atoms with Gasteiger partial charge in [-0.2, -0.15) is 0 Å². The number of carbonyl (C=O) groups excluding carboxylic acids is 2. The summed E-state index contributed by atoms with van der Waals surface area (Å²) in [6.07, 6.45) is 1.25. The molecule has 0 saturated carbocycles. The molecule has 0 unspecified atom stereocenters. The average molecular weight is 545 g/mol. The Morgan fingerprint density at radius 2 is 1.62 bits per heavy atom. The number of hydrogen-bond donors (Lipinski definition) is 0. The molecule has 3 aromatic rings. The van der Waals surface area contributed by atoms with Gasteiger partial charge in [0.25, 0.3) is 5.56 Å². The van der Waals surface area contributed by atoms with Crippen LogP contribution in [0.3, 0.4) is 0 Å². The van der Waals surface area contributed by atoms with Crippen LogP contribution in [0.2, 0.25) is 0 Å². The van der Waals surface area contributed by atoms with Gasteiger partial charge in [-0.25, -0.2) is 0 Å². The first-order valence-corrected chi connectivity index (χ1v) is 13.7. The van der Waals surface area contributed by atoms with Crippen LogP contribution in [0.25, 0.3) is 10.8 Å². The molecule has 6 rings (SSSR count). The molecular weight excluding hydrogens is 512 g/mol. The fraction of sp³-hybridized carbons (Fsp3) is 0.400. The first-order chi connectivity index (χ1) is 18.7. The van der Waals surface area contributed by atoms with Crippen LogP contribution in [-0.2, 0) is 22.6 Å². The molecule has 2 atom stereocenters. The van der Waals surface area contributed by atoms with E-state index >= 15 is 0 Å². The molecule has 4 heterocycles. The van der Waals surface area contributed by atoms with E-state index in [9.17, 15) is 14.4 Å². The fourth-order valence-electron chi connectivity index (χ4n) is 6.97. The van der Waals surface area contributed by atoms with E-state index in [0.717, 1.165) is 40.7 Å². The van der Waals surface area contributed by atoms with E-state index in [1.807, 2.05) is 53.1 Å². The number of amides is 2. The predicted octanol–water partition coefficient (Wildman–Crippen LogP) is 2.87. The number of piperidine rings is 1. The van der Waals surface area contributed by atoms with Crippen molar-refractivity contribution in [1.82, 2.24) is 19.3 Å². The van der Waals surface area contributed by atoms with Crippen molar-refractivity contribution >= 4 is 39.9 Å². The number of pyridine rings is 1. The van der Waals surface area contributed by atoms with Crippen molar-refractivity contribution in [3.63, 3.8) is 0 Å². The van der Waals surface area contributed by atoms with Crippen LogP contribution in [0, 0.1) is 11.3 Å². The SMILES string of the molecule is COc1ccc(CC2(CN3C[C@@H]4C[C@H](C3)c3cccc(=O)n3C4)C(=O)N(C)C(=S)N(C)C2=O)c2ccccc12. The summed E-state index contributed by atoms with van der Waals surface area (Å²) in [4.78, 5) is 45.9. The highest BCUT2D eigenvalue weighted by molar-refractivity contribution is 7.80. The van der Waals surface area contributed by atoms with Gasteiger partial charge >= 0.3 is 0 Å². The number of fused-ring (bicyclic) bond motifs is 5. The van der Waals surface area contributed by atoms with E-state index in [0.29, 0.717) is 13.1 Å². The Bertz CT molecular complexity index is 1540. The topological polar surface area (TPSA) is 75.1 Å². The minimum atomic E-state index is -1.34. The monoisotopic (exact) mass is 544 g/mol. The zero-order valence-electron chi connectivity index (χ0n) is 22.4. The van der Waals surface area contributed by atoms with Gasteiger partial charge in [-0.15, -0.1) is 0 Å². The molecule has 0 aliphatic carbocycles. The second kappa shape index (κ2) is 9.57. The smallest absolute Gasteiger partial charge is 0.250 e. The Morgan fingerprint density at radius 1 is 0.897 bits per heavy atom. The fourth-order valence-corrected chi connectivity index (χ4v) is 7.14. The Kier molecular flexibility index (Phi) is 6.31. The van der Waals surface area contributed by atoms with Crippen molar-refractivity contribution < 1.29 is 14.3 Å². The highest BCUT2D eigenvalue weighted by atomic mass is 32.1. The Hall–Kier alpha value is -3.56. The first-order valence-electron chi connectivity index (χ1n) is 13.3. The van der Waals surface area contributed by atoms with E-state index in [1.165, 1.54) is 9.80 Å². The second-order valence-corrected chi connectivity index (χ2v) is 11.5. The third-order valence-corrected chi connectivity index (χ3v) is 9.29. The lowest BCUT2D eigenvalue weighted by Crippen LogP contribution is -2.67. The van der Waals surface area contributed by atoms with E-state index in [2.05, 4.69) is 4.90 Å².